The largest absolute Gasteiger partial charge is 0.368 e. The van der Waals surface area contributed by atoms with Crippen LogP contribution in [0, 0.1) is 0 Å². The Morgan fingerprint density at radius 3 is 2.68 bits per heavy atom. The number of likely N-dealkylation sites (tertiary alicyclic amines) is 1. The number of fused-ring (bicyclic) bond motifs is 1. The maximum atomic E-state index is 14.0. The average Bonchev–Trinajstić information content (AvgIpc) is 3.58. The van der Waals surface area contributed by atoms with Gasteiger partial charge < -0.3 is 15.4 Å². The molecule has 3 unspecified atom stereocenters. The Morgan fingerprint density at radius 2 is 1.97 bits per heavy atom. The number of ether oxygens (including phenoxy) is 1. The average molecular weight is 495 g/mol. The molecule has 0 saturated carbocycles. The van der Waals surface area contributed by atoms with Crippen molar-refractivity contribution in [3.8, 4) is 10.4 Å². The minimum absolute atomic E-state index is 0.0291. The van der Waals surface area contributed by atoms with Crippen molar-refractivity contribution in [1.82, 2.24) is 4.90 Å². The number of amides is 2. The fourth-order valence-corrected chi connectivity index (χ4v) is 5.75. The summed E-state index contributed by atoms with van der Waals surface area (Å²) in [4.78, 5) is 41.6. The molecular weight excluding hydrogens is 472 g/mol. The van der Waals surface area contributed by atoms with E-state index in [0.29, 0.717) is 35.5 Å². The highest BCUT2D eigenvalue weighted by atomic mass is 35.5. The summed E-state index contributed by atoms with van der Waals surface area (Å²) in [5.41, 5.74) is 8.41. The van der Waals surface area contributed by atoms with Gasteiger partial charge in [0.2, 0.25) is 11.8 Å². The summed E-state index contributed by atoms with van der Waals surface area (Å²) in [5.74, 6) is -1.58. The number of thiophene rings is 1. The maximum Gasteiger partial charge on any atom is 0.249 e. The molecule has 2 aliphatic rings. The van der Waals surface area contributed by atoms with Crippen molar-refractivity contribution in [2.75, 3.05) is 13.2 Å². The van der Waals surface area contributed by atoms with Crippen molar-refractivity contribution in [3.05, 3.63) is 81.7 Å². The predicted molar refractivity (Wildman–Crippen MR) is 131 cm³/mol. The number of carbonyl (C=O) groups is 3. The van der Waals surface area contributed by atoms with Gasteiger partial charge in [0.15, 0.2) is 5.78 Å². The second-order valence-corrected chi connectivity index (χ2v) is 9.99. The van der Waals surface area contributed by atoms with Crippen molar-refractivity contribution in [2.24, 2.45) is 5.73 Å². The lowest BCUT2D eigenvalue weighted by molar-refractivity contribution is -0.137. The van der Waals surface area contributed by atoms with Gasteiger partial charge in [0.05, 0.1) is 12.0 Å². The lowest BCUT2D eigenvalue weighted by Gasteiger charge is -2.28. The molecule has 1 aromatic heterocycles. The van der Waals surface area contributed by atoms with Crippen molar-refractivity contribution in [2.45, 2.75) is 30.9 Å². The fraction of sp³-hybridized carbons (Fsp3) is 0.269. The van der Waals surface area contributed by atoms with E-state index >= 15 is 0 Å². The Labute approximate surface area is 206 Å². The Kier molecular flexibility index (Phi) is 6.25. The first-order valence-corrected chi connectivity index (χ1v) is 12.3. The van der Waals surface area contributed by atoms with Crippen molar-refractivity contribution in [1.29, 1.82) is 0 Å². The van der Waals surface area contributed by atoms with Gasteiger partial charge in [-0.2, -0.15) is 0 Å². The van der Waals surface area contributed by atoms with Crippen LogP contribution in [0.2, 0.25) is 5.02 Å². The first-order chi connectivity index (χ1) is 16.4. The first kappa shape index (κ1) is 22.8. The highest BCUT2D eigenvalue weighted by molar-refractivity contribution is 7.13. The van der Waals surface area contributed by atoms with E-state index in [9.17, 15) is 14.4 Å². The number of primary amides is 1. The number of benzene rings is 2. The topological polar surface area (TPSA) is 89.7 Å². The zero-order valence-corrected chi connectivity index (χ0v) is 19.9. The summed E-state index contributed by atoms with van der Waals surface area (Å²) in [5, 5.41) is 2.57. The van der Waals surface area contributed by atoms with Crippen molar-refractivity contribution in [3.63, 3.8) is 0 Å². The molecule has 3 atom stereocenters. The zero-order valence-electron chi connectivity index (χ0n) is 18.3. The summed E-state index contributed by atoms with van der Waals surface area (Å²) in [6.45, 7) is 0.467. The third-order valence-corrected chi connectivity index (χ3v) is 7.72. The molecule has 2 aromatic carbocycles. The Bertz CT molecular complexity index is 1240. The molecule has 5 rings (SSSR count). The minimum atomic E-state index is -0.698. The van der Waals surface area contributed by atoms with Gasteiger partial charge in [-0.15, -0.1) is 11.3 Å². The third-order valence-electron chi connectivity index (χ3n) is 6.54. The second kappa shape index (κ2) is 9.33. The fourth-order valence-electron chi connectivity index (χ4n) is 4.90. The number of nitrogens with zero attached hydrogens (tertiary/aromatic N) is 1. The highest BCUT2D eigenvalue weighted by Crippen LogP contribution is 2.36. The molecule has 2 fully saturated rings. The Hall–Kier alpha value is -3.00. The molecule has 0 aliphatic carbocycles. The van der Waals surface area contributed by atoms with Gasteiger partial charge in [-0.25, -0.2) is 0 Å². The zero-order chi connectivity index (χ0) is 23.8. The predicted octanol–water partition coefficient (Wildman–Crippen LogP) is 4.06. The number of hydrogen-bond donors (Lipinski definition) is 1. The molecular formula is C26H23ClN2O4S. The molecule has 6 nitrogen and oxygen atoms in total. The van der Waals surface area contributed by atoms with Crippen LogP contribution in [0.3, 0.4) is 0 Å². The molecule has 2 aliphatic heterocycles. The van der Waals surface area contributed by atoms with Crippen LogP contribution in [0.1, 0.15) is 33.8 Å². The molecule has 34 heavy (non-hydrogen) atoms. The molecule has 0 bridgehead atoms. The summed E-state index contributed by atoms with van der Waals surface area (Å²) in [7, 11) is 0. The van der Waals surface area contributed by atoms with Crippen LogP contribution in [-0.4, -0.2) is 47.8 Å². The van der Waals surface area contributed by atoms with Crippen LogP contribution in [-0.2, 0) is 20.7 Å². The molecule has 2 N–H and O–H groups in total. The Balaban J connectivity index is 1.60. The van der Waals surface area contributed by atoms with Gasteiger partial charge in [0, 0.05) is 22.0 Å². The van der Waals surface area contributed by atoms with Crippen LogP contribution >= 0.6 is 22.9 Å². The van der Waals surface area contributed by atoms with E-state index in [1.54, 1.807) is 34.4 Å². The molecule has 3 heterocycles. The normalized spacial score (nSPS) is 20.4. The van der Waals surface area contributed by atoms with E-state index in [0.717, 1.165) is 16.0 Å². The van der Waals surface area contributed by atoms with Crippen molar-refractivity contribution < 1.29 is 19.1 Å². The SMILES string of the molecule is NC(=O)c1ccc(-c2cccs2)cc1C(Cc1ccc(Cl)cc1)C(=O)N1CCC2OCC(=O)C21. The van der Waals surface area contributed by atoms with E-state index in [2.05, 4.69) is 0 Å². The molecule has 3 aromatic rings. The quantitative estimate of drug-likeness (QED) is 0.559. The number of carbonyl (C=O) groups excluding carboxylic acids is 3. The number of nitrogens with two attached hydrogens (primary N) is 1. The third kappa shape index (κ3) is 4.27. The van der Waals surface area contributed by atoms with Gasteiger partial charge in [-0.1, -0.05) is 35.9 Å². The van der Waals surface area contributed by atoms with E-state index in [1.807, 2.05) is 41.8 Å². The second-order valence-electron chi connectivity index (χ2n) is 8.61. The van der Waals surface area contributed by atoms with Crippen LogP contribution in [0.4, 0.5) is 0 Å². The number of Topliss-reactive ketones (excluding diaryl/α,β-unsaturated/α-hetero) is 1. The standard InChI is InChI=1S/C26H23ClN2O4S/c27-17-6-3-15(4-7-17)12-20(26(32)29-10-9-22-24(29)21(30)14-33-22)19-13-16(23-2-1-11-34-23)5-8-18(19)25(28)31/h1-8,11,13,20,22,24H,9-10,12,14H2,(H2,28,31). The molecule has 8 heteroatoms. The lowest BCUT2D eigenvalue weighted by Crippen LogP contribution is -2.44. The highest BCUT2D eigenvalue weighted by Gasteiger charge is 2.48. The van der Waals surface area contributed by atoms with Crippen LogP contribution in [0.15, 0.2) is 60.0 Å². The molecule has 0 spiro atoms. The summed E-state index contributed by atoms with van der Waals surface area (Å²) >= 11 is 7.64. The van der Waals surface area contributed by atoms with E-state index in [4.69, 9.17) is 22.1 Å². The molecule has 2 saturated heterocycles. The van der Waals surface area contributed by atoms with Crippen LogP contribution in [0.25, 0.3) is 10.4 Å². The van der Waals surface area contributed by atoms with Gasteiger partial charge >= 0.3 is 0 Å². The summed E-state index contributed by atoms with van der Waals surface area (Å²) in [6, 6.07) is 16.1. The number of hydrogen-bond acceptors (Lipinski definition) is 5. The monoisotopic (exact) mass is 494 g/mol. The van der Waals surface area contributed by atoms with Gasteiger partial charge in [0.25, 0.3) is 0 Å². The number of halogens is 1. The van der Waals surface area contributed by atoms with E-state index < -0.39 is 17.9 Å². The molecule has 174 valence electrons. The first-order valence-electron chi connectivity index (χ1n) is 11.1. The molecule has 0 radical (unpaired) electrons. The van der Waals surface area contributed by atoms with Gasteiger partial charge in [0.1, 0.15) is 12.6 Å². The maximum absolute atomic E-state index is 14.0. The van der Waals surface area contributed by atoms with E-state index in [-0.39, 0.29) is 24.4 Å². The number of rotatable bonds is 6. The van der Waals surface area contributed by atoms with Gasteiger partial charge in [-0.3, -0.25) is 14.4 Å². The lowest BCUT2D eigenvalue weighted by atomic mass is 9.85. The smallest absolute Gasteiger partial charge is 0.249 e. The Morgan fingerprint density at radius 1 is 1.18 bits per heavy atom. The van der Waals surface area contributed by atoms with Crippen molar-refractivity contribution >= 4 is 40.5 Å². The number of ketones is 1. The van der Waals surface area contributed by atoms with Crippen LogP contribution in [0.5, 0.6) is 0 Å². The minimum Gasteiger partial charge on any atom is -0.368 e. The summed E-state index contributed by atoms with van der Waals surface area (Å²) in [6.07, 6.45) is 0.696. The summed E-state index contributed by atoms with van der Waals surface area (Å²) < 4.78 is 5.59. The molecule has 2 amide bonds. The van der Waals surface area contributed by atoms with Crippen LogP contribution < -0.4 is 5.73 Å². The van der Waals surface area contributed by atoms with Gasteiger partial charge in [-0.05, 0) is 65.2 Å². The van der Waals surface area contributed by atoms with E-state index in [1.165, 1.54) is 0 Å².